The van der Waals surface area contributed by atoms with Crippen LogP contribution < -0.4 is 5.32 Å². The van der Waals surface area contributed by atoms with Crippen molar-refractivity contribution in [3.05, 3.63) is 41.5 Å². The average molecular weight is 258 g/mol. The van der Waals surface area contributed by atoms with E-state index >= 15 is 0 Å². The van der Waals surface area contributed by atoms with Gasteiger partial charge in [0, 0.05) is 12.2 Å². The zero-order valence-corrected chi connectivity index (χ0v) is 12.1. The molecule has 0 amide bonds. The zero-order chi connectivity index (χ0) is 13.8. The van der Waals surface area contributed by atoms with Crippen LogP contribution in [0.15, 0.2) is 24.5 Å². The van der Waals surface area contributed by atoms with Crippen LogP contribution in [0.1, 0.15) is 30.8 Å². The average Bonchev–Trinajstić information content (AvgIpc) is 2.71. The van der Waals surface area contributed by atoms with Crippen molar-refractivity contribution in [1.29, 1.82) is 0 Å². The molecule has 2 rings (SSSR count). The smallest absolute Gasteiger partial charge is 0.146 e. The highest BCUT2D eigenvalue weighted by atomic mass is 15.3. The zero-order valence-electron chi connectivity index (χ0n) is 12.1. The minimum absolute atomic E-state index is 0.571. The fourth-order valence-electron chi connectivity index (χ4n) is 2.18. The van der Waals surface area contributed by atoms with E-state index < -0.39 is 0 Å². The van der Waals surface area contributed by atoms with Crippen LogP contribution in [0.5, 0.6) is 0 Å². The Bertz CT molecular complexity index is 523. The SMILES string of the molecule is Cc1cc(C)cc(NCc2ncnn2CC(C)C)c1. The molecule has 0 unspecified atom stereocenters. The standard InChI is InChI=1S/C15H22N4/c1-11(2)9-19-15(17-10-18-19)8-16-14-6-12(3)5-13(4)7-14/h5-7,10-11,16H,8-9H2,1-4H3. The van der Waals surface area contributed by atoms with Gasteiger partial charge in [-0.15, -0.1) is 0 Å². The van der Waals surface area contributed by atoms with E-state index in [4.69, 9.17) is 0 Å². The third-order valence-electron chi connectivity index (χ3n) is 2.91. The van der Waals surface area contributed by atoms with Gasteiger partial charge in [0.2, 0.25) is 0 Å². The lowest BCUT2D eigenvalue weighted by molar-refractivity contribution is 0.468. The molecule has 4 heteroatoms. The molecule has 0 saturated carbocycles. The summed E-state index contributed by atoms with van der Waals surface area (Å²) in [6.45, 7) is 10.2. The molecular weight excluding hydrogens is 236 g/mol. The maximum absolute atomic E-state index is 4.32. The van der Waals surface area contributed by atoms with Crippen molar-refractivity contribution in [2.45, 2.75) is 40.8 Å². The van der Waals surface area contributed by atoms with E-state index in [9.17, 15) is 0 Å². The number of benzene rings is 1. The Balaban J connectivity index is 2.04. The van der Waals surface area contributed by atoms with Gasteiger partial charge in [0.15, 0.2) is 0 Å². The Morgan fingerprint density at radius 3 is 2.47 bits per heavy atom. The molecule has 0 bridgehead atoms. The van der Waals surface area contributed by atoms with Gasteiger partial charge in [-0.05, 0) is 43.0 Å². The Morgan fingerprint density at radius 2 is 1.84 bits per heavy atom. The van der Waals surface area contributed by atoms with Gasteiger partial charge in [-0.1, -0.05) is 19.9 Å². The molecule has 0 aliphatic carbocycles. The summed E-state index contributed by atoms with van der Waals surface area (Å²) in [5, 5.41) is 7.69. The Hall–Kier alpha value is -1.84. The first-order valence-corrected chi connectivity index (χ1v) is 6.73. The summed E-state index contributed by atoms with van der Waals surface area (Å²) >= 11 is 0. The second-order valence-corrected chi connectivity index (χ2v) is 5.48. The lowest BCUT2D eigenvalue weighted by Gasteiger charge is -2.11. The summed E-state index contributed by atoms with van der Waals surface area (Å²) < 4.78 is 1.97. The minimum Gasteiger partial charge on any atom is -0.378 e. The maximum atomic E-state index is 4.32. The van der Waals surface area contributed by atoms with E-state index in [2.05, 4.69) is 61.3 Å². The van der Waals surface area contributed by atoms with Crippen molar-refractivity contribution < 1.29 is 0 Å². The molecule has 0 aliphatic heterocycles. The molecule has 102 valence electrons. The van der Waals surface area contributed by atoms with Gasteiger partial charge in [-0.25, -0.2) is 9.67 Å². The second kappa shape index (κ2) is 5.87. The summed E-state index contributed by atoms with van der Waals surface area (Å²) in [7, 11) is 0. The largest absolute Gasteiger partial charge is 0.378 e. The minimum atomic E-state index is 0.571. The van der Waals surface area contributed by atoms with Crippen LogP contribution in [0.3, 0.4) is 0 Å². The number of nitrogens with zero attached hydrogens (tertiary/aromatic N) is 3. The summed E-state index contributed by atoms with van der Waals surface area (Å²) in [5.41, 5.74) is 3.67. The summed E-state index contributed by atoms with van der Waals surface area (Å²) in [6.07, 6.45) is 1.63. The predicted molar refractivity (Wildman–Crippen MR) is 78.1 cm³/mol. The Labute approximate surface area is 114 Å². The number of rotatable bonds is 5. The number of anilines is 1. The Kier molecular flexibility index (Phi) is 4.20. The third kappa shape index (κ3) is 3.81. The van der Waals surface area contributed by atoms with Crippen LogP contribution >= 0.6 is 0 Å². The number of nitrogens with one attached hydrogen (secondary N) is 1. The predicted octanol–water partition coefficient (Wildman–Crippen LogP) is 3.16. The van der Waals surface area contributed by atoms with Gasteiger partial charge in [0.1, 0.15) is 12.2 Å². The molecule has 0 fully saturated rings. The summed E-state index contributed by atoms with van der Waals surface area (Å²) in [5.74, 6) is 1.55. The van der Waals surface area contributed by atoms with Crippen molar-refractivity contribution in [2.24, 2.45) is 5.92 Å². The highest BCUT2D eigenvalue weighted by molar-refractivity contribution is 5.48. The first-order chi connectivity index (χ1) is 9.04. The molecule has 4 nitrogen and oxygen atoms in total. The summed E-state index contributed by atoms with van der Waals surface area (Å²) in [4.78, 5) is 4.32. The topological polar surface area (TPSA) is 42.7 Å². The molecule has 2 aromatic rings. The molecule has 0 aliphatic rings. The van der Waals surface area contributed by atoms with E-state index in [1.807, 2.05) is 4.68 Å². The van der Waals surface area contributed by atoms with Gasteiger partial charge < -0.3 is 5.32 Å². The van der Waals surface area contributed by atoms with Crippen LogP contribution in [-0.4, -0.2) is 14.8 Å². The van der Waals surface area contributed by atoms with Gasteiger partial charge in [0.25, 0.3) is 0 Å². The van der Waals surface area contributed by atoms with Gasteiger partial charge in [-0.2, -0.15) is 5.10 Å². The third-order valence-corrected chi connectivity index (χ3v) is 2.91. The van der Waals surface area contributed by atoms with Crippen LogP contribution in [0.25, 0.3) is 0 Å². The van der Waals surface area contributed by atoms with E-state index in [0.717, 1.165) is 18.1 Å². The lowest BCUT2D eigenvalue weighted by atomic mass is 10.1. The summed E-state index contributed by atoms with van der Waals surface area (Å²) in [6, 6.07) is 6.47. The molecule has 0 radical (unpaired) electrons. The number of hydrogen-bond donors (Lipinski definition) is 1. The first kappa shape index (κ1) is 13.6. The van der Waals surface area contributed by atoms with Crippen LogP contribution in [0, 0.1) is 19.8 Å². The lowest BCUT2D eigenvalue weighted by Crippen LogP contribution is -2.13. The highest BCUT2D eigenvalue weighted by Gasteiger charge is 2.06. The molecule has 0 atom stereocenters. The Morgan fingerprint density at radius 1 is 1.16 bits per heavy atom. The van der Waals surface area contributed by atoms with E-state index in [1.165, 1.54) is 11.1 Å². The molecule has 1 heterocycles. The fourth-order valence-corrected chi connectivity index (χ4v) is 2.18. The normalized spacial score (nSPS) is 11.0. The van der Waals surface area contributed by atoms with Crippen molar-refractivity contribution >= 4 is 5.69 Å². The van der Waals surface area contributed by atoms with Crippen LogP contribution in [0.4, 0.5) is 5.69 Å². The van der Waals surface area contributed by atoms with Crippen molar-refractivity contribution in [3.63, 3.8) is 0 Å². The van der Waals surface area contributed by atoms with Gasteiger partial charge >= 0.3 is 0 Å². The van der Waals surface area contributed by atoms with Crippen LogP contribution in [0.2, 0.25) is 0 Å². The number of hydrogen-bond acceptors (Lipinski definition) is 3. The quantitative estimate of drug-likeness (QED) is 0.895. The first-order valence-electron chi connectivity index (χ1n) is 6.73. The molecular formula is C15H22N4. The molecule has 1 aromatic carbocycles. The number of aryl methyl sites for hydroxylation is 2. The van der Waals surface area contributed by atoms with Crippen molar-refractivity contribution in [1.82, 2.24) is 14.8 Å². The molecule has 19 heavy (non-hydrogen) atoms. The molecule has 0 spiro atoms. The van der Waals surface area contributed by atoms with E-state index in [0.29, 0.717) is 12.5 Å². The highest BCUT2D eigenvalue weighted by Crippen LogP contribution is 2.14. The van der Waals surface area contributed by atoms with Gasteiger partial charge in [-0.3, -0.25) is 0 Å². The molecule has 0 saturated heterocycles. The second-order valence-electron chi connectivity index (χ2n) is 5.48. The van der Waals surface area contributed by atoms with Crippen LogP contribution in [-0.2, 0) is 13.1 Å². The molecule has 1 N–H and O–H groups in total. The fraction of sp³-hybridized carbons (Fsp3) is 0.467. The molecule has 1 aromatic heterocycles. The van der Waals surface area contributed by atoms with Crippen molar-refractivity contribution in [3.8, 4) is 0 Å². The van der Waals surface area contributed by atoms with Gasteiger partial charge in [0.05, 0.1) is 6.54 Å². The number of aromatic nitrogens is 3. The van der Waals surface area contributed by atoms with Crippen molar-refractivity contribution in [2.75, 3.05) is 5.32 Å². The van der Waals surface area contributed by atoms with E-state index in [1.54, 1.807) is 6.33 Å². The maximum Gasteiger partial charge on any atom is 0.146 e. The van der Waals surface area contributed by atoms with E-state index in [-0.39, 0.29) is 0 Å². The monoisotopic (exact) mass is 258 g/mol.